The van der Waals surface area contributed by atoms with Crippen molar-refractivity contribution >= 4 is 50.9 Å². The number of nitrogens with one attached hydrogen (secondary N) is 2. The van der Waals surface area contributed by atoms with Crippen molar-refractivity contribution in [1.29, 1.82) is 0 Å². The van der Waals surface area contributed by atoms with Gasteiger partial charge in [0.2, 0.25) is 11.8 Å². The van der Waals surface area contributed by atoms with Crippen LogP contribution < -0.4 is 10.6 Å². The van der Waals surface area contributed by atoms with Crippen molar-refractivity contribution < 1.29 is 9.59 Å². The molecule has 2 N–H and O–H groups in total. The van der Waals surface area contributed by atoms with E-state index in [9.17, 15) is 9.59 Å². The summed E-state index contributed by atoms with van der Waals surface area (Å²) in [6.45, 7) is 3.30. The highest BCUT2D eigenvalue weighted by molar-refractivity contribution is 9.10. The zero-order valence-corrected chi connectivity index (χ0v) is 17.7. The molecule has 0 unspecified atom stereocenters. The second-order valence-corrected chi connectivity index (χ2v) is 7.80. The van der Waals surface area contributed by atoms with Crippen molar-refractivity contribution in [2.24, 2.45) is 0 Å². The monoisotopic (exact) mass is 459 g/mol. The summed E-state index contributed by atoms with van der Waals surface area (Å²) in [7, 11) is 0. The molecule has 2 aromatic carbocycles. The zero-order chi connectivity index (χ0) is 20.1. The number of rotatable bonds is 6. The molecule has 144 valence electrons. The highest BCUT2D eigenvalue weighted by Crippen LogP contribution is 2.24. The highest BCUT2D eigenvalue weighted by atomic mass is 79.9. The van der Waals surface area contributed by atoms with Gasteiger partial charge in [0.15, 0.2) is 5.16 Å². The largest absolute Gasteiger partial charge is 0.326 e. The summed E-state index contributed by atoms with van der Waals surface area (Å²) >= 11 is 4.66. The molecule has 7 nitrogen and oxygen atoms in total. The minimum absolute atomic E-state index is 0.133. The maximum absolute atomic E-state index is 12.3. The lowest BCUT2D eigenvalue weighted by atomic mass is 10.2. The van der Waals surface area contributed by atoms with E-state index >= 15 is 0 Å². The fourth-order valence-electron chi connectivity index (χ4n) is 2.52. The number of hydrogen-bond donors (Lipinski definition) is 2. The molecule has 0 spiro atoms. The van der Waals surface area contributed by atoms with Crippen LogP contribution in [0.25, 0.3) is 5.69 Å². The maximum Gasteiger partial charge on any atom is 0.234 e. The number of hydrogen-bond acceptors (Lipinski definition) is 5. The first kappa shape index (κ1) is 20.1. The van der Waals surface area contributed by atoms with Crippen LogP contribution in [-0.4, -0.2) is 32.3 Å². The summed E-state index contributed by atoms with van der Waals surface area (Å²) in [5.74, 6) is 0.610. The number of halogens is 1. The lowest BCUT2D eigenvalue weighted by molar-refractivity contribution is -0.114. The lowest BCUT2D eigenvalue weighted by Gasteiger charge is -2.10. The summed E-state index contributed by atoms with van der Waals surface area (Å²) in [4.78, 5) is 23.5. The molecular weight excluding hydrogens is 442 g/mol. The van der Waals surface area contributed by atoms with Gasteiger partial charge in [-0.2, -0.15) is 0 Å². The summed E-state index contributed by atoms with van der Waals surface area (Å²) in [5.41, 5.74) is 2.22. The first-order chi connectivity index (χ1) is 13.4. The predicted octanol–water partition coefficient (Wildman–Crippen LogP) is 4.03. The molecule has 0 aliphatic heterocycles. The predicted molar refractivity (Wildman–Crippen MR) is 114 cm³/mol. The molecule has 9 heteroatoms. The van der Waals surface area contributed by atoms with Crippen LogP contribution in [0.15, 0.2) is 58.2 Å². The van der Waals surface area contributed by atoms with Crippen LogP contribution in [0.3, 0.4) is 0 Å². The van der Waals surface area contributed by atoms with E-state index < -0.39 is 0 Å². The van der Waals surface area contributed by atoms with Gasteiger partial charge in [0.1, 0.15) is 5.82 Å². The van der Waals surface area contributed by atoms with Gasteiger partial charge in [-0.25, -0.2) is 0 Å². The van der Waals surface area contributed by atoms with Gasteiger partial charge in [-0.1, -0.05) is 33.8 Å². The van der Waals surface area contributed by atoms with E-state index in [1.807, 2.05) is 60.0 Å². The second-order valence-electron chi connectivity index (χ2n) is 5.94. The molecule has 3 rings (SSSR count). The number of carbonyl (C=O) groups is 2. The van der Waals surface area contributed by atoms with E-state index in [0.29, 0.717) is 16.7 Å². The second kappa shape index (κ2) is 9.03. The Bertz CT molecular complexity index is 1000. The topological polar surface area (TPSA) is 88.9 Å². The van der Waals surface area contributed by atoms with E-state index in [0.717, 1.165) is 15.8 Å². The van der Waals surface area contributed by atoms with Crippen LogP contribution >= 0.6 is 27.7 Å². The Morgan fingerprint density at radius 3 is 2.54 bits per heavy atom. The molecule has 0 radical (unpaired) electrons. The number of thioether (sulfide) groups is 1. The fourth-order valence-corrected chi connectivity index (χ4v) is 3.58. The Labute approximate surface area is 175 Å². The Hall–Kier alpha value is -2.65. The number of carbonyl (C=O) groups excluding carboxylic acids is 2. The third-order valence-electron chi connectivity index (χ3n) is 3.68. The molecule has 28 heavy (non-hydrogen) atoms. The van der Waals surface area contributed by atoms with Crippen LogP contribution in [0.2, 0.25) is 0 Å². The molecular formula is C19H18BrN5O2S. The maximum atomic E-state index is 12.3. The standard InChI is InChI=1S/C19H18BrN5O2S/c1-12-23-24-19(25(12)17-5-3-4-16(10-17)21-13(2)26)28-11-18(27)22-15-8-6-14(20)7-9-15/h3-10H,11H2,1-2H3,(H,21,26)(H,22,27). The van der Waals surface area contributed by atoms with Gasteiger partial charge in [0, 0.05) is 22.8 Å². The van der Waals surface area contributed by atoms with E-state index in [2.05, 4.69) is 36.8 Å². The molecule has 3 aromatic rings. The van der Waals surface area contributed by atoms with Gasteiger partial charge >= 0.3 is 0 Å². The molecule has 0 saturated carbocycles. The first-order valence-corrected chi connectivity index (χ1v) is 10.2. The van der Waals surface area contributed by atoms with Gasteiger partial charge < -0.3 is 10.6 Å². The molecule has 0 aliphatic rings. The quantitative estimate of drug-likeness (QED) is 0.543. The third kappa shape index (κ3) is 5.20. The summed E-state index contributed by atoms with van der Waals surface area (Å²) < 4.78 is 2.80. The molecule has 0 atom stereocenters. The smallest absolute Gasteiger partial charge is 0.234 e. The van der Waals surface area contributed by atoms with E-state index in [4.69, 9.17) is 0 Å². The van der Waals surface area contributed by atoms with Crippen molar-refractivity contribution in [3.8, 4) is 5.69 Å². The molecule has 0 bridgehead atoms. The van der Waals surface area contributed by atoms with Gasteiger partial charge in [0.25, 0.3) is 0 Å². The van der Waals surface area contributed by atoms with E-state index in [-0.39, 0.29) is 17.6 Å². The zero-order valence-electron chi connectivity index (χ0n) is 15.3. The Morgan fingerprint density at radius 2 is 1.82 bits per heavy atom. The fraction of sp³-hybridized carbons (Fsp3) is 0.158. The molecule has 0 aliphatic carbocycles. The van der Waals surface area contributed by atoms with Gasteiger partial charge in [-0.05, 0) is 49.4 Å². The molecule has 2 amide bonds. The van der Waals surface area contributed by atoms with Crippen LogP contribution in [0.5, 0.6) is 0 Å². The number of aromatic nitrogens is 3. The minimum Gasteiger partial charge on any atom is -0.326 e. The average molecular weight is 460 g/mol. The van der Waals surface area contributed by atoms with Crippen molar-refractivity contribution in [3.63, 3.8) is 0 Å². The van der Waals surface area contributed by atoms with E-state index in [1.54, 1.807) is 0 Å². The molecule has 1 heterocycles. The molecule has 1 aromatic heterocycles. The van der Waals surface area contributed by atoms with E-state index in [1.165, 1.54) is 18.7 Å². The van der Waals surface area contributed by atoms with Crippen molar-refractivity contribution in [3.05, 3.63) is 58.8 Å². The van der Waals surface area contributed by atoms with Crippen LogP contribution in [0, 0.1) is 6.92 Å². The highest BCUT2D eigenvalue weighted by Gasteiger charge is 2.14. The lowest BCUT2D eigenvalue weighted by Crippen LogP contribution is -2.14. The molecule has 0 fully saturated rings. The normalized spacial score (nSPS) is 10.5. The van der Waals surface area contributed by atoms with Crippen molar-refractivity contribution in [2.45, 2.75) is 19.0 Å². The summed E-state index contributed by atoms with van der Waals surface area (Å²) in [5, 5.41) is 14.5. The van der Waals surface area contributed by atoms with Crippen LogP contribution in [-0.2, 0) is 9.59 Å². The van der Waals surface area contributed by atoms with Gasteiger partial charge in [-0.15, -0.1) is 10.2 Å². The van der Waals surface area contributed by atoms with Gasteiger partial charge in [-0.3, -0.25) is 14.2 Å². The van der Waals surface area contributed by atoms with Gasteiger partial charge in [0.05, 0.1) is 11.4 Å². The number of anilines is 2. The third-order valence-corrected chi connectivity index (χ3v) is 5.14. The first-order valence-electron chi connectivity index (χ1n) is 8.40. The van der Waals surface area contributed by atoms with Crippen LogP contribution in [0.4, 0.5) is 11.4 Å². The summed E-state index contributed by atoms with van der Waals surface area (Å²) in [6, 6.07) is 14.8. The summed E-state index contributed by atoms with van der Waals surface area (Å²) in [6.07, 6.45) is 0. The Balaban J connectivity index is 1.71. The average Bonchev–Trinajstić information content (AvgIpc) is 3.02. The Morgan fingerprint density at radius 1 is 1.07 bits per heavy atom. The number of aryl methyl sites for hydroxylation is 1. The minimum atomic E-state index is -0.142. The number of benzene rings is 2. The number of nitrogens with zero attached hydrogens (tertiary/aromatic N) is 3. The van der Waals surface area contributed by atoms with Crippen molar-refractivity contribution in [1.82, 2.24) is 14.8 Å². The SMILES string of the molecule is CC(=O)Nc1cccc(-n2c(C)nnc2SCC(=O)Nc2ccc(Br)cc2)c1. The molecule has 0 saturated heterocycles. The Kier molecular flexibility index (Phi) is 6.48. The van der Waals surface area contributed by atoms with Crippen LogP contribution in [0.1, 0.15) is 12.7 Å². The van der Waals surface area contributed by atoms with Crippen molar-refractivity contribution in [2.75, 3.05) is 16.4 Å². The number of amides is 2.